The molecule has 0 saturated heterocycles. The summed E-state index contributed by atoms with van der Waals surface area (Å²) < 4.78 is 0. The number of hydrogen-bond donors (Lipinski definition) is 2. The summed E-state index contributed by atoms with van der Waals surface area (Å²) in [6, 6.07) is 7.28. The fourth-order valence-corrected chi connectivity index (χ4v) is 2.84. The number of fused-ring (bicyclic) bond motifs is 1. The molecule has 1 aliphatic rings. The predicted molar refractivity (Wildman–Crippen MR) is 80.7 cm³/mol. The number of nitrogens with one attached hydrogen (secondary N) is 1. The van der Waals surface area contributed by atoms with Crippen molar-refractivity contribution in [2.24, 2.45) is 11.1 Å². The van der Waals surface area contributed by atoms with Crippen LogP contribution in [0.25, 0.3) is 10.9 Å². The Bertz CT molecular complexity index is 662. The van der Waals surface area contributed by atoms with Crippen molar-refractivity contribution < 1.29 is 4.79 Å². The first kappa shape index (κ1) is 13.3. The maximum absolute atomic E-state index is 12.4. The molecule has 0 aliphatic heterocycles. The summed E-state index contributed by atoms with van der Waals surface area (Å²) in [6.07, 6.45) is 4.46. The highest BCUT2D eigenvalue weighted by atomic mass is 35.5. The summed E-state index contributed by atoms with van der Waals surface area (Å²) in [5.41, 5.74) is 6.76. The number of nitrogens with two attached hydrogens (primary N) is 1. The zero-order valence-corrected chi connectivity index (χ0v) is 11.8. The van der Waals surface area contributed by atoms with Crippen LogP contribution in [-0.4, -0.2) is 17.4 Å². The van der Waals surface area contributed by atoms with Crippen molar-refractivity contribution in [1.82, 2.24) is 4.98 Å². The van der Waals surface area contributed by atoms with Crippen LogP contribution in [0.4, 0.5) is 5.69 Å². The fraction of sp³-hybridized carbons (Fsp3) is 0.333. The van der Waals surface area contributed by atoms with E-state index >= 15 is 0 Å². The second-order valence-electron chi connectivity index (χ2n) is 5.29. The molecule has 1 amide bonds. The predicted octanol–water partition coefficient (Wildman–Crippen LogP) is 2.96. The number of carbonyl (C=O) groups excluding carboxylic acids is 1. The first-order valence-electron chi connectivity index (χ1n) is 6.71. The van der Waals surface area contributed by atoms with Crippen LogP contribution in [0, 0.1) is 5.41 Å². The molecule has 0 atom stereocenters. The molecule has 3 N–H and O–H groups in total. The van der Waals surface area contributed by atoms with Gasteiger partial charge < -0.3 is 11.1 Å². The van der Waals surface area contributed by atoms with Crippen LogP contribution in [0.1, 0.15) is 19.3 Å². The molecular weight excluding hydrogens is 274 g/mol. The topological polar surface area (TPSA) is 68.0 Å². The molecule has 0 radical (unpaired) electrons. The third-order valence-corrected chi connectivity index (χ3v) is 4.48. The number of rotatable bonds is 3. The van der Waals surface area contributed by atoms with Gasteiger partial charge in [-0.2, -0.15) is 0 Å². The summed E-state index contributed by atoms with van der Waals surface area (Å²) in [4.78, 5) is 16.7. The Labute approximate surface area is 122 Å². The number of carbonyl (C=O) groups is 1. The maximum Gasteiger partial charge on any atom is 0.231 e. The lowest BCUT2D eigenvalue weighted by Gasteiger charge is -2.39. The molecule has 104 valence electrons. The maximum atomic E-state index is 12.4. The van der Waals surface area contributed by atoms with E-state index in [-0.39, 0.29) is 5.91 Å². The second kappa shape index (κ2) is 5.04. The molecule has 0 spiro atoms. The van der Waals surface area contributed by atoms with Gasteiger partial charge in [-0.05, 0) is 37.1 Å². The Morgan fingerprint density at radius 1 is 1.40 bits per heavy atom. The molecule has 2 aromatic rings. The molecule has 1 aromatic heterocycles. The van der Waals surface area contributed by atoms with Crippen molar-refractivity contribution >= 4 is 34.1 Å². The summed E-state index contributed by atoms with van der Waals surface area (Å²) in [6.45, 7) is 0.387. The molecule has 20 heavy (non-hydrogen) atoms. The third-order valence-electron chi connectivity index (χ3n) is 4.15. The highest BCUT2D eigenvalue weighted by Gasteiger charge is 2.42. The first-order chi connectivity index (χ1) is 9.66. The Kier molecular flexibility index (Phi) is 3.36. The minimum absolute atomic E-state index is 0.0134. The van der Waals surface area contributed by atoms with E-state index in [4.69, 9.17) is 17.3 Å². The van der Waals surface area contributed by atoms with Crippen LogP contribution < -0.4 is 11.1 Å². The Balaban J connectivity index is 1.95. The summed E-state index contributed by atoms with van der Waals surface area (Å²) in [5.74, 6) is -0.0134. The average Bonchev–Trinajstić information content (AvgIpc) is 2.42. The molecule has 0 unspecified atom stereocenters. The Hall–Kier alpha value is -1.65. The number of halogens is 1. The lowest BCUT2D eigenvalue weighted by Crippen LogP contribution is -2.47. The normalized spacial score (nSPS) is 16.7. The minimum atomic E-state index is -0.402. The molecule has 5 heteroatoms. The van der Waals surface area contributed by atoms with E-state index < -0.39 is 5.41 Å². The molecule has 1 aromatic carbocycles. The lowest BCUT2D eigenvalue weighted by molar-refractivity contribution is -0.129. The minimum Gasteiger partial charge on any atom is -0.329 e. The van der Waals surface area contributed by atoms with Crippen LogP contribution in [0.2, 0.25) is 5.02 Å². The summed E-state index contributed by atoms with van der Waals surface area (Å²) in [7, 11) is 0. The molecule has 0 bridgehead atoms. The van der Waals surface area contributed by atoms with Crippen molar-refractivity contribution in [3.63, 3.8) is 0 Å². The van der Waals surface area contributed by atoms with Crippen LogP contribution in [0.3, 0.4) is 0 Å². The monoisotopic (exact) mass is 289 g/mol. The zero-order chi connectivity index (χ0) is 14.2. The van der Waals surface area contributed by atoms with Gasteiger partial charge in [0.1, 0.15) is 0 Å². The lowest BCUT2D eigenvalue weighted by atomic mass is 9.68. The summed E-state index contributed by atoms with van der Waals surface area (Å²) in [5, 5.41) is 4.43. The van der Waals surface area contributed by atoms with Crippen molar-refractivity contribution in [3.05, 3.63) is 35.5 Å². The van der Waals surface area contributed by atoms with Gasteiger partial charge >= 0.3 is 0 Å². The van der Waals surface area contributed by atoms with Crippen LogP contribution in [0.15, 0.2) is 30.5 Å². The fourth-order valence-electron chi connectivity index (χ4n) is 2.62. The number of pyridine rings is 1. The van der Waals surface area contributed by atoms with E-state index in [1.54, 1.807) is 18.3 Å². The molecule has 1 saturated carbocycles. The highest BCUT2D eigenvalue weighted by molar-refractivity contribution is 6.35. The number of hydrogen-bond acceptors (Lipinski definition) is 3. The van der Waals surface area contributed by atoms with Crippen LogP contribution in [-0.2, 0) is 4.79 Å². The van der Waals surface area contributed by atoms with E-state index in [2.05, 4.69) is 10.3 Å². The molecule has 4 nitrogen and oxygen atoms in total. The smallest absolute Gasteiger partial charge is 0.231 e. The third kappa shape index (κ3) is 2.05. The van der Waals surface area contributed by atoms with Crippen LogP contribution >= 0.6 is 11.6 Å². The van der Waals surface area contributed by atoms with Gasteiger partial charge in [-0.25, -0.2) is 0 Å². The standard InChI is InChI=1S/C15H16ClN3O/c16-11-4-5-12(13-10(11)3-1-8-18-13)19-14(20)15(9-17)6-2-7-15/h1,3-5,8H,2,6-7,9,17H2,(H,19,20). The van der Waals surface area contributed by atoms with Crippen LogP contribution in [0.5, 0.6) is 0 Å². The number of aromatic nitrogens is 1. The second-order valence-corrected chi connectivity index (χ2v) is 5.69. The number of benzene rings is 1. The van der Waals surface area contributed by atoms with Crippen molar-refractivity contribution in [2.45, 2.75) is 19.3 Å². The zero-order valence-electron chi connectivity index (χ0n) is 11.0. The van der Waals surface area contributed by atoms with Gasteiger partial charge in [0.2, 0.25) is 5.91 Å². The molecule has 1 heterocycles. The van der Waals surface area contributed by atoms with Gasteiger partial charge in [0.15, 0.2) is 0 Å². The van der Waals surface area contributed by atoms with E-state index in [0.29, 0.717) is 22.8 Å². The average molecular weight is 290 g/mol. The summed E-state index contributed by atoms with van der Waals surface area (Å²) >= 11 is 6.15. The van der Waals surface area contributed by atoms with Gasteiger partial charge in [0, 0.05) is 18.1 Å². The molecule has 3 rings (SSSR count). The van der Waals surface area contributed by atoms with Crippen molar-refractivity contribution in [3.8, 4) is 0 Å². The molecular formula is C15H16ClN3O. The van der Waals surface area contributed by atoms with Gasteiger partial charge in [0.25, 0.3) is 0 Å². The largest absolute Gasteiger partial charge is 0.329 e. The SMILES string of the molecule is NCC1(C(=O)Nc2ccc(Cl)c3cccnc23)CCC1. The van der Waals surface area contributed by atoms with E-state index in [0.717, 1.165) is 24.6 Å². The van der Waals surface area contributed by atoms with Gasteiger partial charge in [-0.1, -0.05) is 18.0 Å². The molecule has 1 fully saturated rings. The first-order valence-corrected chi connectivity index (χ1v) is 7.09. The number of nitrogens with zero attached hydrogens (tertiary/aromatic N) is 1. The van der Waals surface area contributed by atoms with Gasteiger partial charge in [-0.3, -0.25) is 9.78 Å². The quantitative estimate of drug-likeness (QED) is 0.913. The van der Waals surface area contributed by atoms with Gasteiger partial charge in [0.05, 0.1) is 21.6 Å². The van der Waals surface area contributed by atoms with E-state index in [9.17, 15) is 4.79 Å². The highest BCUT2D eigenvalue weighted by Crippen LogP contribution is 2.41. The van der Waals surface area contributed by atoms with Crippen molar-refractivity contribution in [1.29, 1.82) is 0 Å². The van der Waals surface area contributed by atoms with E-state index in [1.807, 2.05) is 12.1 Å². The van der Waals surface area contributed by atoms with E-state index in [1.165, 1.54) is 0 Å². The van der Waals surface area contributed by atoms with Gasteiger partial charge in [-0.15, -0.1) is 0 Å². The Morgan fingerprint density at radius 3 is 2.85 bits per heavy atom. The Morgan fingerprint density at radius 2 is 2.20 bits per heavy atom. The number of anilines is 1. The molecule has 1 aliphatic carbocycles. The van der Waals surface area contributed by atoms with Crippen molar-refractivity contribution in [2.75, 3.05) is 11.9 Å². The number of amides is 1.